The van der Waals surface area contributed by atoms with E-state index in [1.54, 1.807) is 17.8 Å². The van der Waals surface area contributed by atoms with Crippen molar-refractivity contribution >= 4 is 50.5 Å². The molecular weight excluding hydrogens is 464 g/mol. The third kappa shape index (κ3) is 4.62. The van der Waals surface area contributed by atoms with Crippen LogP contribution in [0, 0.1) is 0 Å². The van der Waals surface area contributed by atoms with Gasteiger partial charge in [0.1, 0.15) is 5.82 Å². The van der Waals surface area contributed by atoms with Crippen LogP contribution >= 0.6 is 27.7 Å². The molecule has 1 N–H and O–H groups in total. The Morgan fingerprint density at radius 2 is 2.00 bits per heavy atom. The highest BCUT2D eigenvalue weighted by molar-refractivity contribution is 9.10. The summed E-state index contributed by atoms with van der Waals surface area (Å²) in [7, 11) is 0. The molecular formula is C21H25BrN6OS. The lowest BCUT2D eigenvalue weighted by atomic mass is 10.2. The molecule has 1 aliphatic rings. The van der Waals surface area contributed by atoms with Gasteiger partial charge in [0, 0.05) is 29.4 Å². The van der Waals surface area contributed by atoms with Crippen LogP contribution in [0.25, 0.3) is 11.0 Å². The Morgan fingerprint density at radius 1 is 1.23 bits per heavy atom. The number of benzene rings is 1. The lowest BCUT2D eigenvalue weighted by Gasteiger charge is -2.18. The number of amides is 1. The number of anilines is 1. The summed E-state index contributed by atoms with van der Waals surface area (Å²) in [5, 5.41) is 9.67. The predicted molar refractivity (Wildman–Crippen MR) is 124 cm³/mol. The maximum absolute atomic E-state index is 12.5. The van der Waals surface area contributed by atoms with Gasteiger partial charge in [-0.1, -0.05) is 37.7 Å². The maximum atomic E-state index is 12.5. The van der Waals surface area contributed by atoms with Crippen molar-refractivity contribution in [1.82, 2.24) is 25.1 Å². The van der Waals surface area contributed by atoms with Gasteiger partial charge in [0.05, 0.1) is 23.7 Å². The smallest absolute Gasteiger partial charge is 0.252 e. The van der Waals surface area contributed by atoms with E-state index in [-0.39, 0.29) is 5.91 Å². The first-order valence-electron chi connectivity index (χ1n) is 10.2. The minimum Gasteiger partial charge on any atom is -0.356 e. The molecule has 0 atom stereocenters. The SMILES string of the molecule is CC(C)Sc1nc(N2CCCC2)c2cnn(CCNC(=O)c3ccccc3Br)c2n1. The molecule has 0 radical (unpaired) electrons. The summed E-state index contributed by atoms with van der Waals surface area (Å²) in [6.07, 6.45) is 4.23. The van der Waals surface area contributed by atoms with Crippen LogP contribution in [0.5, 0.6) is 0 Å². The number of carbonyl (C=O) groups excluding carboxylic acids is 1. The summed E-state index contributed by atoms with van der Waals surface area (Å²) in [5.41, 5.74) is 1.45. The van der Waals surface area contributed by atoms with E-state index in [4.69, 9.17) is 9.97 Å². The van der Waals surface area contributed by atoms with Crippen LogP contribution in [0.1, 0.15) is 37.0 Å². The van der Waals surface area contributed by atoms with Gasteiger partial charge in [-0.15, -0.1) is 0 Å². The van der Waals surface area contributed by atoms with Crippen molar-refractivity contribution in [2.45, 2.75) is 43.6 Å². The van der Waals surface area contributed by atoms with Crippen LogP contribution in [-0.2, 0) is 6.54 Å². The number of halogens is 1. The fraction of sp³-hybridized carbons (Fsp3) is 0.429. The van der Waals surface area contributed by atoms with Crippen LogP contribution in [-0.4, -0.2) is 50.5 Å². The molecule has 3 aromatic rings. The largest absolute Gasteiger partial charge is 0.356 e. The quantitative estimate of drug-likeness (QED) is 0.398. The summed E-state index contributed by atoms with van der Waals surface area (Å²) in [5.74, 6) is 0.867. The highest BCUT2D eigenvalue weighted by Gasteiger charge is 2.21. The molecule has 0 spiro atoms. The first-order valence-corrected chi connectivity index (χ1v) is 11.9. The van der Waals surface area contributed by atoms with Gasteiger partial charge < -0.3 is 10.2 Å². The van der Waals surface area contributed by atoms with Crippen molar-refractivity contribution in [3.05, 3.63) is 40.5 Å². The van der Waals surface area contributed by atoms with E-state index >= 15 is 0 Å². The Morgan fingerprint density at radius 3 is 2.73 bits per heavy atom. The molecule has 158 valence electrons. The summed E-state index contributed by atoms with van der Waals surface area (Å²) in [4.78, 5) is 24.4. The zero-order chi connectivity index (χ0) is 21.1. The number of carbonyl (C=O) groups is 1. The molecule has 2 aromatic heterocycles. The van der Waals surface area contributed by atoms with E-state index in [0.29, 0.717) is 23.9 Å². The average molecular weight is 489 g/mol. The highest BCUT2D eigenvalue weighted by atomic mass is 79.9. The van der Waals surface area contributed by atoms with Crippen LogP contribution in [0.15, 0.2) is 40.1 Å². The van der Waals surface area contributed by atoms with Crippen LogP contribution in [0.3, 0.4) is 0 Å². The van der Waals surface area contributed by atoms with Gasteiger partial charge >= 0.3 is 0 Å². The van der Waals surface area contributed by atoms with Gasteiger partial charge in [0.15, 0.2) is 10.8 Å². The molecule has 1 aromatic carbocycles. The van der Waals surface area contributed by atoms with Crippen molar-refractivity contribution in [1.29, 1.82) is 0 Å². The Balaban J connectivity index is 1.54. The number of fused-ring (bicyclic) bond motifs is 1. The average Bonchev–Trinajstić information content (AvgIpc) is 3.38. The van der Waals surface area contributed by atoms with Gasteiger partial charge in [-0.3, -0.25) is 4.79 Å². The molecule has 7 nitrogen and oxygen atoms in total. The van der Waals surface area contributed by atoms with E-state index in [9.17, 15) is 4.79 Å². The van der Waals surface area contributed by atoms with Gasteiger partial charge in [0.2, 0.25) is 0 Å². The second kappa shape index (κ2) is 9.34. The van der Waals surface area contributed by atoms with Crippen LogP contribution in [0.2, 0.25) is 0 Å². The number of rotatable bonds is 7. The zero-order valence-corrected chi connectivity index (χ0v) is 19.5. The second-order valence-corrected chi connectivity index (χ2v) is 9.93. The standard InChI is InChI=1S/C21H25BrN6OS/c1-14(2)30-21-25-18(27-10-5-6-11-27)16-13-24-28(19(16)26-21)12-9-23-20(29)15-7-3-4-8-17(15)22/h3-4,7-8,13-14H,5-6,9-12H2,1-2H3,(H,23,29). The summed E-state index contributed by atoms with van der Waals surface area (Å²) >= 11 is 5.09. The van der Waals surface area contributed by atoms with Gasteiger partial charge in [0.25, 0.3) is 5.91 Å². The molecule has 9 heteroatoms. The minimum absolute atomic E-state index is 0.109. The number of thioether (sulfide) groups is 1. The predicted octanol–water partition coefficient (Wildman–Crippen LogP) is 4.12. The zero-order valence-electron chi connectivity index (χ0n) is 17.1. The first-order chi connectivity index (χ1) is 14.5. The topological polar surface area (TPSA) is 75.9 Å². The van der Waals surface area contributed by atoms with Crippen LogP contribution in [0.4, 0.5) is 5.82 Å². The molecule has 1 amide bonds. The molecule has 1 fully saturated rings. The second-order valence-electron chi connectivity index (χ2n) is 7.53. The lowest BCUT2D eigenvalue weighted by Crippen LogP contribution is -2.27. The Kier molecular flexibility index (Phi) is 6.58. The Hall–Kier alpha value is -2.13. The third-order valence-electron chi connectivity index (χ3n) is 4.93. The van der Waals surface area contributed by atoms with E-state index in [1.165, 1.54) is 12.8 Å². The first kappa shape index (κ1) is 21.1. The highest BCUT2D eigenvalue weighted by Crippen LogP contribution is 2.30. The summed E-state index contributed by atoms with van der Waals surface area (Å²) in [6, 6.07) is 7.40. The monoisotopic (exact) mass is 488 g/mol. The van der Waals surface area contributed by atoms with E-state index in [0.717, 1.165) is 39.6 Å². The van der Waals surface area contributed by atoms with Crippen molar-refractivity contribution in [2.24, 2.45) is 0 Å². The number of nitrogens with one attached hydrogen (secondary N) is 1. The number of hydrogen-bond acceptors (Lipinski definition) is 6. The molecule has 30 heavy (non-hydrogen) atoms. The summed E-state index contributed by atoms with van der Waals surface area (Å²) in [6.45, 7) is 7.33. The molecule has 1 aliphatic heterocycles. The van der Waals surface area contributed by atoms with E-state index < -0.39 is 0 Å². The van der Waals surface area contributed by atoms with Gasteiger partial charge in [-0.2, -0.15) is 5.10 Å². The summed E-state index contributed by atoms with van der Waals surface area (Å²) < 4.78 is 2.65. The maximum Gasteiger partial charge on any atom is 0.252 e. The van der Waals surface area contributed by atoms with Crippen molar-refractivity contribution < 1.29 is 4.79 Å². The Labute approximate surface area is 188 Å². The molecule has 4 rings (SSSR count). The van der Waals surface area contributed by atoms with Crippen LogP contribution < -0.4 is 10.2 Å². The lowest BCUT2D eigenvalue weighted by molar-refractivity contribution is 0.0951. The molecule has 0 saturated carbocycles. The number of hydrogen-bond donors (Lipinski definition) is 1. The molecule has 0 unspecified atom stereocenters. The fourth-order valence-electron chi connectivity index (χ4n) is 3.53. The normalized spacial score (nSPS) is 14.1. The molecule has 0 aliphatic carbocycles. The third-order valence-corrected chi connectivity index (χ3v) is 6.49. The van der Waals surface area contributed by atoms with Crippen molar-refractivity contribution in [3.63, 3.8) is 0 Å². The van der Waals surface area contributed by atoms with Gasteiger partial charge in [-0.25, -0.2) is 14.6 Å². The Bertz CT molecular complexity index is 1050. The van der Waals surface area contributed by atoms with Gasteiger partial charge in [-0.05, 0) is 40.9 Å². The van der Waals surface area contributed by atoms with Crippen molar-refractivity contribution in [3.8, 4) is 0 Å². The molecule has 3 heterocycles. The minimum atomic E-state index is -0.109. The molecule has 0 bridgehead atoms. The van der Waals surface area contributed by atoms with E-state index in [1.807, 2.05) is 29.1 Å². The van der Waals surface area contributed by atoms with Crippen molar-refractivity contribution in [2.75, 3.05) is 24.5 Å². The van der Waals surface area contributed by atoms with E-state index in [2.05, 4.69) is 45.1 Å². The number of nitrogens with zero attached hydrogens (tertiary/aromatic N) is 5. The fourth-order valence-corrected chi connectivity index (χ4v) is 4.70. The number of aromatic nitrogens is 4. The molecule has 1 saturated heterocycles.